The zero-order chi connectivity index (χ0) is 21.5. The zero-order valence-corrected chi connectivity index (χ0v) is 18.3. The van der Waals surface area contributed by atoms with E-state index in [0.29, 0.717) is 6.42 Å². The molecule has 0 rings (SSSR count). The second-order valence-electron chi connectivity index (χ2n) is 6.79. The van der Waals surface area contributed by atoms with Crippen molar-refractivity contribution in [3.8, 4) is 0 Å². The summed E-state index contributed by atoms with van der Waals surface area (Å²) in [6.45, 7) is 2.30. The van der Waals surface area contributed by atoms with Crippen LogP contribution in [-0.2, 0) is 14.1 Å². The molecule has 0 aliphatic rings. The van der Waals surface area contributed by atoms with Crippen molar-refractivity contribution in [1.82, 2.24) is 0 Å². The molecule has 0 aromatic carbocycles. The lowest BCUT2D eigenvalue weighted by Crippen LogP contribution is -2.07. The van der Waals surface area contributed by atoms with Crippen LogP contribution in [0.15, 0.2) is 12.2 Å². The summed E-state index contributed by atoms with van der Waals surface area (Å²) in [4.78, 5) is 32.8. The fourth-order valence-corrected chi connectivity index (χ4v) is 2.57. The highest BCUT2D eigenvalue weighted by atomic mass is 31.2. The van der Waals surface area contributed by atoms with Crippen LogP contribution in [0.2, 0.25) is 0 Å². The minimum absolute atomic E-state index is 0.0852. The number of carbonyl (C=O) groups excluding carboxylic acids is 1. The fourth-order valence-electron chi connectivity index (χ4n) is 2.57. The molecule has 4 N–H and O–H groups in total. The molecule has 28 heavy (non-hydrogen) atoms. The van der Waals surface area contributed by atoms with E-state index in [9.17, 15) is 4.79 Å². The maximum absolute atomic E-state index is 11.2. The summed E-state index contributed by atoms with van der Waals surface area (Å²) < 4.78 is 13.7. The van der Waals surface area contributed by atoms with Crippen LogP contribution in [-0.4, -0.2) is 39.0 Å². The van der Waals surface area contributed by atoms with Crippen molar-refractivity contribution < 1.29 is 33.9 Å². The van der Waals surface area contributed by atoms with Gasteiger partial charge in [-0.1, -0.05) is 70.4 Å². The SMILES string of the molecule is CCCCCCCCC=CCCCCCCCC(=O)OCCO.O=P(O)(O)O. The van der Waals surface area contributed by atoms with Gasteiger partial charge in [0.1, 0.15) is 6.61 Å². The number of unbranched alkanes of at least 4 members (excludes halogenated alkanes) is 11. The number of carbonyl (C=O) groups is 1. The van der Waals surface area contributed by atoms with Crippen molar-refractivity contribution in [2.24, 2.45) is 0 Å². The van der Waals surface area contributed by atoms with E-state index in [1.807, 2.05) is 0 Å². The van der Waals surface area contributed by atoms with Crippen LogP contribution in [0.1, 0.15) is 96.8 Å². The van der Waals surface area contributed by atoms with Crippen LogP contribution in [0, 0.1) is 0 Å². The van der Waals surface area contributed by atoms with E-state index in [1.54, 1.807) is 0 Å². The van der Waals surface area contributed by atoms with Gasteiger partial charge < -0.3 is 24.5 Å². The van der Waals surface area contributed by atoms with E-state index in [1.165, 1.54) is 70.6 Å². The quantitative estimate of drug-likeness (QED) is 0.116. The Balaban J connectivity index is 0. The highest BCUT2D eigenvalue weighted by Crippen LogP contribution is 2.25. The average Bonchev–Trinajstić information content (AvgIpc) is 2.61. The Morgan fingerprint density at radius 1 is 0.821 bits per heavy atom. The summed E-state index contributed by atoms with van der Waals surface area (Å²) in [7, 11) is -4.64. The average molecular weight is 425 g/mol. The molecule has 0 aromatic heterocycles. The van der Waals surface area contributed by atoms with Gasteiger partial charge in [-0.05, 0) is 32.1 Å². The maximum atomic E-state index is 11.2. The normalized spacial score (nSPS) is 11.3. The summed E-state index contributed by atoms with van der Waals surface area (Å²) in [5, 5.41) is 8.54. The first-order chi connectivity index (χ1) is 13.3. The molecule has 0 aliphatic carbocycles. The Labute approximate surface area is 170 Å². The lowest BCUT2D eigenvalue weighted by molar-refractivity contribution is -0.144. The molecule has 0 saturated carbocycles. The molecule has 0 bridgehead atoms. The van der Waals surface area contributed by atoms with Crippen LogP contribution >= 0.6 is 7.82 Å². The van der Waals surface area contributed by atoms with Crippen molar-refractivity contribution in [2.45, 2.75) is 96.8 Å². The number of ether oxygens (including phenoxy) is 1. The van der Waals surface area contributed by atoms with Crippen LogP contribution in [0.5, 0.6) is 0 Å². The smallest absolute Gasteiger partial charge is 0.463 e. The first-order valence-electron chi connectivity index (χ1n) is 10.5. The van der Waals surface area contributed by atoms with E-state index in [2.05, 4.69) is 19.1 Å². The lowest BCUT2D eigenvalue weighted by Gasteiger charge is -2.02. The van der Waals surface area contributed by atoms with Gasteiger partial charge in [-0.3, -0.25) is 4.79 Å². The van der Waals surface area contributed by atoms with Crippen LogP contribution in [0.3, 0.4) is 0 Å². The summed E-state index contributed by atoms with van der Waals surface area (Å²) in [5.74, 6) is -0.184. The number of esters is 1. The van der Waals surface area contributed by atoms with Gasteiger partial charge in [-0.25, -0.2) is 4.57 Å². The molecule has 0 saturated heterocycles. The van der Waals surface area contributed by atoms with E-state index in [-0.39, 0.29) is 19.2 Å². The minimum Gasteiger partial charge on any atom is -0.463 e. The molecule has 7 nitrogen and oxygen atoms in total. The van der Waals surface area contributed by atoms with Gasteiger partial charge in [-0.15, -0.1) is 0 Å². The highest BCUT2D eigenvalue weighted by Gasteiger charge is 2.01. The fraction of sp³-hybridized carbons (Fsp3) is 0.850. The van der Waals surface area contributed by atoms with Crippen molar-refractivity contribution in [2.75, 3.05) is 13.2 Å². The molecule has 0 heterocycles. The first-order valence-corrected chi connectivity index (χ1v) is 12.1. The zero-order valence-electron chi connectivity index (χ0n) is 17.4. The van der Waals surface area contributed by atoms with E-state index in [4.69, 9.17) is 29.1 Å². The molecule has 168 valence electrons. The summed E-state index contributed by atoms with van der Waals surface area (Å²) in [5.41, 5.74) is 0. The molecular weight excluding hydrogens is 383 g/mol. The Morgan fingerprint density at radius 3 is 1.71 bits per heavy atom. The van der Waals surface area contributed by atoms with E-state index in [0.717, 1.165) is 12.8 Å². The number of hydrogen-bond acceptors (Lipinski definition) is 4. The Morgan fingerprint density at radius 2 is 1.25 bits per heavy atom. The number of rotatable bonds is 17. The molecule has 0 spiro atoms. The Bertz CT molecular complexity index is 399. The van der Waals surface area contributed by atoms with E-state index < -0.39 is 7.82 Å². The maximum Gasteiger partial charge on any atom is 0.466 e. The highest BCUT2D eigenvalue weighted by molar-refractivity contribution is 7.45. The lowest BCUT2D eigenvalue weighted by atomic mass is 10.1. The second-order valence-corrected chi connectivity index (χ2v) is 7.82. The third-order valence-electron chi connectivity index (χ3n) is 4.00. The molecule has 0 unspecified atom stereocenters. The number of phosphoric acid groups is 1. The molecule has 0 aromatic rings. The molecule has 0 atom stereocenters. The minimum atomic E-state index is -4.64. The number of hydrogen-bond donors (Lipinski definition) is 4. The molecule has 8 heteroatoms. The molecule has 0 radical (unpaired) electrons. The van der Waals surface area contributed by atoms with Crippen LogP contribution in [0.4, 0.5) is 0 Å². The monoisotopic (exact) mass is 424 g/mol. The van der Waals surface area contributed by atoms with Crippen molar-refractivity contribution >= 4 is 13.8 Å². The Kier molecular flexibility index (Phi) is 23.8. The molecule has 0 aliphatic heterocycles. The Hall–Kier alpha value is -0.720. The van der Waals surface area contributed by atoms with Crippen molar-refractivity contribution in [3.63, 3.8) is 0 Å². The standard InChI is InChI=1S/C20H38O3.H3O4P/c1-2-3-4-5-6-7-8-9-10-11-12-13-14-15-16-17-20(22)23-19-18-21;1-5(2,3)4/h9-10,21H,2-8,11-19H2,1H3;(H3,1,2,3,4). The molecule has 0 amide bonds. The predicted octanol–water partition coefficient (Wildman–Crippen LogP) is 4.63. The largest absolute Gasteiger partial charge is 0.466 e. The van der Waals surface area contributed by atoms with Gasteiger partial charge in [0.05, 0.1) is 6.61 Å². The van der Waals surface area contributed by atoms with Gasteiger partial charge in [-0.2, -0.15) is 0 Å². The number of aliphatic hydroxyl groups excluding tert-OH is 1. The van der Waals surface area contributed by atoms with Gasteiger partial charge in [0.15, 0.2) is 0 Å². The molecular formula is C20H41O7P. The summed E-state index contributed by atoms with van der Waals surface area (Å²) in [6.07, 6.45) is 21.5. The number of aliphatic hydroxyl groups is 1. The van der Waals surface area contributed by atoms with Gasteiger partial charge in [0.2, 0.25) is 0 Å². The summed E-state index contributed by atoms with van der Waals surface area (Å²) >= 11 is 0. The van der Waals surface area contributed by atoms with Crippen LogP contribution in [0.25, 0.3) is 0 Å². The molecule has 0 fully saturated rings. The summed E-state index contributed by atoms with van der Waals surface area (Å²) in [6, 6.07) is 0. The van der Waals surface area contributed by atoms with E-state index >= 15 is 0 Å². The third-order valence-corrected chi connectivity index (χ3v) is 4.00. The predicted molar refractivity (Wildman–Crippen MR) is 112 cm³/mol. The first kappa shape index (κ1) is 29.5. The van der Waals surface area contributed by atoms with Crippen LogP contribution < -0.4 is 0 Å². The second kappa shape index (κ2) is 22.6. The van der Waals surface area contributed by atoms with Crippen molar-refractivity contribution in [3.05, 3.63) is 12.2 Å². The van der Waals surface area contributed by atoms with Gasteiger partial charge >= 0.3 is 13.8 Å². The topological polar surface area (TPSA) is 124 Å². The third kappa shape index (κ3) is 36.2. The van der Waals surface area contributed by atoms with Gasteiger partial charge in [0, 0.05) is 6.42 Å². The van der Waals surface area contributed by atoms with Crippen molar-refractivity contribution in [1.29, 1.82) is 0 Å². The van der Waals surface area contributed by atoms with Gasteiger partial charge in [0.25, 0.3) is 0 Å². The number of allylic oxidation sites excluding steroid dienone is 2.